The van der Waals surface area contributed by atoms with Gasteiger partial charge < -0.3 is 5.32 Å². The van der Waals surface area contributed by atoms with Crippen molar-refractivity contribution in [3.63, 3.8) is 0 Å². The van der Waals surface area contributed by atoms with Gasteiger partial charge in [0.1, 0.15) is 5.82 Å². The number of nitrogens with one attached hydrogen (secondary N) is 1. The summed E-state index contributed by atoms with van der Waals surface area (Å²) in [6, 6.07) is 4.85. The van der Waals surface area contributed by atoms with Gasteiger partial charge in [0, 0.05) is 6.54 Å². The van der Waals surface area contributed by atoms with E-state index in [1.165, 1.54) is 6.07 Å². The van der Waals surface area contributed by atoms with Crippen LogP contribution in [0.2, 0.25) is 5.15 Å². The lowest BCUT2D eigenvalue weighted by Gasteiger charge is -2.11. The third-order valence-corrected chi connectivity index (χ3v) is 3.82. The molecule has 1 N–H and O–H groups in total. The Labute approximate surface area is 123 Å². The van der Waals surface area contributed by atoms with Crippen molar-refractivity contribution in [2.75, 3.05) is 11.9 Å². The van der Waals surface area contributed by atoms with Crippen molar-refractivity contribution in [2.24, 2.45) is 0 Å². The van der Waals surface area contributed by atoms with Crippen LogP contribution in [-0.2, 0) is 6.42 Å². The number of rotatable bonds is 4. The van der Waals surface area contributed by atoms with E-state index in [0.29, 0.717) is 11.7 Å². The second kappa shape index (κ2) is 6.18. The summed E-state index contributed by atoms with van der Waals surface area (Å²) in [5.74, 6) is 0.543. The van der Waals surface area contributed by atoms with Gasteiger partial charge in [-0.05, 0) is 61.6 Å². The van der Waals surface area contributed by atoms with Crippen LogP contribution in [0.4, 0.5) is 10.2 Å². The van der Waals surface area contributed by atoms with Gasteiger partial charge >= 0.3 is 0 Å². The summed E-state index contributed by atoms with van der Waals surface area (Å²) >= 11 is 5.91. The molecule has 1 aromatic heterocycles. The van der Waals surface area contributed by atoms with Crippen LogP contribution in [0.5, 0.6) is 0 Å². The molecule has 2 aromatic rings. The van der Waals surface area contributed by atoms with Gasteiger partial charge in [0.15, 0.2) is 11.0 Å². The lowest BCUT2D eigenvalue weighted by atomic mass is 10.1. The maximum absolute atomic E-state index is 13.0. The van der Waals surface area contributed by atoms with Crippen molar-refractivity contribution >= 4 is 17.4 Å². The summed E-state index contributed by atoms with van der Waals surface area (Å²) in [6.07, 6.45) is 0.801. The Balaban J connectivity index is 2.01. The van der Waals surface area contributed by atoms with Gasteiger partial charge in [-0.25, -0.2) is 4.39 Å². The minimum atomic E-state index is -0.200. The van der Waals surface area contributed by atoms with Crippen molar-refractivity contribution in [3.05, 3.63) is 51.4 Å². The maximum Gasteiger partial charge on any atom is 0.155 e. The molecule has 1 heterocycles. The average Bonchev–Trinajstić information content (AvgIpc) is 2.41. The van der Waals surface area contributed by atoms with E-state index in [2.05, 4.69) is 15.5 Å². The van der Waals surface area contributed by atoms with Crippen LogP contribution in [-0.4, -0.2) is 16.7 Å². The fourth-order valence-corrected chi connectivity index (χ4v) is 2.18. The van der Waals surface area contributed by atoms with E-state index in [-0.39, 0.29) is 5.82 Å². The highest BCUT2D eigenvalue weighted by molar-refractivity contribution is 6.30. The standard InChI is InChI=1S/C15H17ClFN3/c1-9-8-13(17)5-4-12(9)6-7-18-15-11(3)10(2)14(16)19-20-15/h4-5,8H,6-7H2,1-3H3,(H,18,20). The van der Waals surface area contributed by atoms with E-state index in [0.717, 1.165) is 34.5 Å². The highest BCUT2D eigenvalue weighted by Gasteiger charge is 2.07. The second-order valence-electron chi connectivity index (χ2n) is 4.84. The fourth-order valence-electron chi connectivity index (χ4n) is 2.00. The molecule has 2 rings (SSSR count). The molecule has 5 heteroatoms. The molecule has 20 heavy (non-hydrogen) atoms. The monoisotopic (exact) mass is 293 g/mol. The van der Waals surface area contributed by atoms with E-state index in [1.807, 2.05) is 26.8 Å². The molecule has 0 saturated heterocycles. The molecule has 0 amide bonds. The largest absolute Gasteiger partial charge is 0.368 e. The molecule has 0 aliphatic carbocycles. The van der Waals surface area contributed by atoms with Crippen molar-refractivity contribution in [2.45, 2.75) is 27.2 Å². The molecule has 0 saturated carbocycles. The number of hydrogen-bond donors (Lipinski definition) is 1. The molecule has 0 aliphatic heterocycles. The minimum Gasteiger partial charge on any atom is -0.368 e. The van der Waals surface area contributed by atoms with E-state index in [4.69, 9.17) is 11.6 Å². The van der Waals surface area contributed by atoms with Crippen LogP contribution in [0, 0.1) is 26.6 Å². The SMILES string of the molecule is Cc1cc(F)ccc1CCNc1nnc(Cl)c(C)c1C. The molecule has 0 unspecified atom stereocenters. The molecule has 0 spiro atoms. The highest BCUT2D eigenvalue weighted by atomic mass is 35.5. The Morgan fingerprint density at radius 2 is 1.90 bits per heavy atom. The first-order chi connectivity index (χ1) is 9.49. The number of aromatic nitrogens is 2. The average molecular weight is 294 g/mol. The quantitative estimate of drug-likeness (QED) is 0.930. The zero-order valence-corrected chi connectivity index (χ0v) is 12.6. The summed E-state index contributed by atoms with van der Waals surface area (Å²) in [4.78, 5) is 0. The molecule has 1 aromatic carbocycles. The summed E-state index contributed by atoms with van der Waals surface area (Å²) in [7, 11) is 0. The van der Waals surface area contributed by atoms with Crippen molar-refractivity contribution < 1.29 is 4.39 Å². The third kappa shape index (κ3) is 3.25. The van der Waals surface area contributed by atoms with Gasteiger partial charge in [0.05, 0.1) is 0 Å². The normalized spacial score (nSPS) is 10.7. The fraction of sp³-hybridized carbons (Fsp3) is 0.333. The van der Waals surface area contributed by atoms with Crippen LogP contribution in [0.15, 0.2) is 18.2 Å². The number of benzene rings is 1. The first-order valence-electron chi connectivity index (χ1n) is 6.47. The van der Waals surface area contributed by atoms with Crippen molar-refractivity contribution in [1.82, 2.24) is 10.2 Å². The predicted octanol–water partition coefficient (Wildman–Crippen LogP) is 3.85. The van der Waals surface area contributed by atoms with Crippen LogP contribution >= 0.6 is 11.6 Å². The van der Waals surface area contributed by atoms with Gasteiger partial charge in [0.2, 0.25) is 0 Å². The number of hydrogen-bond acceptors (Lipinski definition) is 3. The minimum absolute atomic E-state index is 0.200. The molecule has 0 radical (unpaired) electrons. The number of aryl methyl sites for hydroxylation is 1. The Bertz CT molecular complexity index is 629. The molecule has 0 bridgehead atoms. The predicted molar refractivity (Wildman–Crippen MR) is 79.8 cm³/mol. The van der Waals surface area contributed by atoms with Gasteiger partial charge in [-0.15, -0.1) is 10.2 Å². The maximum atomic E-state index is 13.0. The Morgan fingerprint density at radius 1 is 1.15 bits per heavy atom. The summed E-state index contributed by atoms with van der Waals surface area (Å²) in [5.41, 5.74) is 4.01. The molecule has 3 nitrogen and oxygen atoms in total. The Morgan fingerprint density at radius 3 is 2.60 bits per heavy atom. The van der Waals surface area contributed by atoms with E-state index in [1.54, 1.807) is 6.07 Å². The van der Waals surface area contributed by atoms with Crippen molar-refractivity contribution in [3.8, 4) is 0 Å². The Kier molecular flexibility index (Phi) is 4.55. The Hall–Kier alpha value is -1.68. The van der Waals surface area contributed by atoms with Gasteiger partial charge in [-0.2, -0.15) is 0 Å². The van der Waals surface area contributed by atoms with E-state index < -0.39 is 0 Å². The summed E-state index contributed by atoms with van der Waals surface area (Å²) < 4.78 is 13.0. The number of nitrogens with zero attached hydrogens (tertiary/aromatic N) is 2. The highest BCUT2D eigenvalue weighted by Crippen LogP contribution is 2.20. The van der Waals surface area contributed by atoms with E-state index in [9.17, 15) is 4.39 Å². The molecule has 0 aliphatic rings. The van der Waals surface area contributed by atoms with Gasteiger partial charge in [-0.1, -0.05) is 17.7 Å². The molecule has 106 valence electrons. The molecule has 0 fully saturated rings. The van der Waals surface area contributed by atoms with Gasteiger partial charge in [0.25, 0.3) is 0 Å². The van der Waals surface area contributed by atoms with Crippen LogP contribution in [0.25, 0.3) is 0 Å². The lowest BCUT2D eigenvalue weighted by molar-refractivity contribution is 0.625. The third-order valence-electron chi connectivity index (χ3n) is 3.46. The zero-order valence-electron chi connectivity index (χ0n) is 11.8. The van der Waals surface area contributed by atoms with Crippen LogP contribution in [0.3, 0.4) is 0 Å². The van der Waals surface area contributed by atoms with E-state index >= 15 is 0 Å². The first kappa shape index (κ1) is 14.7. The van der Waals surface area contributed by atoms with Crippen LogP contribution < -0.4 is 5.32 Å². The first-order valence-corrected chi connectivity index (χ1v) is 6.85. The number of anilines is 1. The zero-order chi connectivity index (χ0) is 14.7. The topological polar surface area (TPSA) is 37.8 Å². The number of halogens is 2. The second-order valence-corrected chi connectivity index (χ2v) is 5.20. The molecule has 0 atom stereocenters. The summed E-state index contributed by atoms with van der Waals surface area (Å²) in [6.45, 7) is 6.50. The lowest BCUT2D eigenvalue weighted by Crippen LogP contribution is -2.10. The smallest absolute Gasteiger partial charge is 0.155 e. The molecular weight excluding hydrogens is 277 g/mol. The molecular formula is C15H17ClFN3. The summed E-state index contributed by atoms with van der Waals surface area (Å²) in [5, 5.41) is 11.6. The van der Waals surface area contributed by atoms with Gasteiger partial charge in [-0.3, -0.25) is 0 Å². The van der Waals surface area contributed by atoms with Crippen LogP contribution in [0.1, 0.15) is 22.3 Å². The van der Waals surface area contributed by atoms with Crippen molar-refractivity contribution in [1.29, 1.82) is 0 Å².